The number of nitrogens with one attached hydrogen (secondary N) is 1. The number of hydrogen-bond donors (Lipinski definition) is 1. The van der Waals surface area contributed by atoms with Crippen LogP contribution in [0.2, 0.25) is 0 Å². The SMILES string of the molecule is CS(=O)(=O)c1ccccc1NCC1CN2CCCC2CO1. The number of rotatable bonds is 4. The van der Waals surface area contributed by atoms with Gasteiger partial charge in [0.15, 0.2) is 9.84 Å². The van der Waals surface area contributed by atoms with E-state index in [1.165, 1.54) is 19.1 Å². The number of ether oxygens (including phenoxy) is 1. The third kappa shape index (κ3) is 3.39. The normalized spacial score (nSPS) is 26.5. The minimum Gasteiger partial charge on any atom is -0.381 e. The average molecular weight is 310 g/mol. The van der Waals surface area contributed by atoms with Crippen LogP contribution in [0.1, 0.15) is 12.8 Å². The Morgan fingerprint density at radius 3 is 3.00 bits per heavy atom. The van der Waals surface area contributed by atoms with Crippen LogP contribution >= 0.6 is 0 Å². The number of fused-ring (bicyclic) bond motifs is 1. The van der Waals surface area contributed by atoms with Crippen LogP contribution in [0.15, 0.2) is 29.2 Å². The van der Waals surface area contributed by atoms with Crippen LogP contribution < -0.4 is 5.32 Å². The van der Waals surface area contributed by atoms with Crippen molar-refractivity contribution in [3.63, 3.8) is 0 Å². The molecule has 2 aliphatic rings. The minimum atomic E-state index is -3.21. The predicted octanol–water partition coefficient (Wildman–Crippen LogP) is 1.37. The molecule has 2 atom stereocenters. The van der Waals surface area contributed by atoms with Gasteiger partial charge in [0.25, 0.3) is 0 Å². The van der Waals surface area contributed by atoms with Gasteiger partial charge in [-0.3, -0.25) is 4.90 Å². The van der Waals surface area contributed by atoms with Crippen molar-refractivity contribution in [2.24, 2.45) is 0 Å². The molecule has 5 nitrogen and oxygen atoms in total. The van der Waals surface area contributed by atoms with Crippen LogP contribution in [0, 0.1) is 0 Å². The molecule has 1 aromatic carbocycles. The summed E-state index contributed by atoms with van der Waals surface area (Å²) in [5.74, 6) is 0. The van der Waals surface area contributed by atoms with Crippen molar-refractivity contribution >= 4 is 15.5 Å². The van der Waals surface area contributed by atoms with E-state index in [4.69, 9.17) is 4.74 Å². The van der Waals surface area contributed by atoms with E-state index >= 15 is 0 Å². The fourth-order valence-corrected chi connectivity index (χ4v) is 4.03. The maximum atomic E-state index is 11.8. The van der Waals surface area contributed by atoms with E-state index in [9.17, 15) is 8.42 Å². The molecule has 0 spiro atoms. The Hall–Kier alpha value is -1.11. The molecule has 2 saturated heterocycles. The fourth-order valence-electron chi connectivity index (χ4n) is 3.17. The third-order valence-corrected chi connectivity index (χ3v) is 5.42. The standard InChI is InChI=1S/C15H22N2O3S/c1-21(18,19)15-7-3-2-6-14(15)16-9-13-10-17-8-4-5-12(17)11-20-13/h2-3,6-7,12-13,16H,4-5,8-11H2,1H3. The molecule has 116 valence electrons. The van der Waals surface area contributed by atoms with Crippen molar-refractivity contribution in [3.05, 3.63) is 24.3 Å². The molecule has 6 heteroatoms. The van der Waals surface area contributed by atoms with Gasteiger partial charge in [0, 0.05) is 25.4 Å². The summed E-state index contributed by atoms with van der Waals surface area (Å²) in [6.07, 6.45) is 3.84. The smallest absolute Gasteiger partial charge is 0.177 e. The second-order valence-electron chi connectivity index (χ2n) is 5.90. The van der Waals surface area contributed by atoms with Crippen LogP contribution in [0.25, 0.3) is 0 Å². The topological polar surface area (TPSA) is 58.6 Å². The molecule has 0 amide bonds. The first-order valence-electron chi connectivity index (χ1n) is 7.42. The molecular weight excluding hydrogens is 288 g/mol. The van der Waals surface area contributed by atoms with E-state index < -0.39 is 9.84 Å². The molecule has 2 aliphatic heterocycles. The van der Waals surface area contributed by atoms with Gasteiger partial charge in [-0.05, 0) is 31.5 Å². The van der Waals surface area contributed by atoms with Gasteiger partial charge >= 0.3 is 0 Å². The largest absolute Gasteiger partial charge is 0.381 e. The lowest BCUT2D eigenvalue weighted by atomic mass is 10.2. The van der Waals surface area contributed by atoms with Gasteiger partial charge in [-0.25, -0.2) is 8.42 Å². The molecule has 0 aromatic heterocycles. The molecule has 0 saturated carbocycles. The van der Waals surface area contributed by atoms with Gasteiger partial charge in [0.1, 0.15) is 0 Å². The Bertz CT molecular complexity index is 603. The summed E-state index contributed by atoms with van der Waals surface area (Å²) in [6, 6.07) is 7.61. The molecule has 21 heavy (non-hydrogen) atoms. The molecule has 1 N–H and O–H groups in total. The highest BCUT2D eigenvalue weighted by Gasteiger charge is 2.32. The maximum Gasteiger partial charge on any atom is 0.177 e. The first kappa shape index (κ1) is 14.8. The summed E-state index contributed by atoms with van der Waals surface area (Å²) in [5.41, 5.74) is 0.659. The maximum absolute atomic E-state index is 11.8. The number of morpholine rings is 1. The average Bonchev–Trinajstić information content (AvgIpc) is 2.92. The van der Waals surface area contributed by atoms with E-state index in [1.54, 1.807) is 18.2 Å². The van der Waals surface area contributed by atoms with Crippen molar-refractivity contribution in [2.45, 2.75) is 29.9 Å². The van der Waals surface area contributed by atoms with Crippen molar-refractivity contribution in [1.29, 1.82) is 0 Å². The molecular formula is C15H22N2O3S. The molecule has 3 rings (SSSR count). The summed E-state index contributed by atoms with van der Waals surface area (Å²) in [4.78, 5) is 2.83. The fraction of sp³-hybridized carbons (Fsp3) is 0.600. The number of para-hydroxylation sites is 1. The lowest BCUT2D eigenvalue weighted by molar-refractivity contribution is -0.0415. The first-order chi connectivity index (χ1) is 10.0. The monoisotopic (exact) mass is 310 g/mol. The van der Waals surface area contributed by atoms with Gasteiger partial charge in [-0.1, -0.05) is 12.1 Å². The molecule has 0 radical (unpaired) electrons. The summed E-state index contributed by atoms with van der Waals surface area (Å²) < 4.78 is 29.4. The highest BCUT2D eigenvalue weighted by Crippen LogP contribution is 2.24. The van der Waals surface area contributed by atoms with Crippen LogP contribution in [0.4, 0.5) is 5.69 Å². The number of nitrogens with zero attached hydrogens (tertiary/aromatic N) is 1. The Morgan fingerprint density at radius 2 is 2.19 bits per heavy atom. The van der Waals surface area contributed by atoms with Gasteiger partial charge in [-0.15, -0.1) is 0 Å². The first-order valence-corrected chi connectivity index (χ1v) is 9.32. The van der Waals surface area contributed by atoms with Crippen molar-refractivity contribution in [1.82, 2.24) is 4.90 Å². The number of anilines is 1. The highest BCUT2D eigenvalue weighted by molar-refractivity contribution is 7.90. The Kier molecular flexibility index (Phi) is 4.19. The summed E-state index contributed by atoms with van der Waals surface area (Å²) >= 11 is 0. The lowest BCUT2D eigenvalue weighted by Gasteiger charge is -2.35. The van der Waals surface area contributed by atoms with E-state index in [0.29, 0.717) is 23.2 Å². The van der Waals surface area contributed by atoms with Crippen LogP contribution in [-0.2, 0) is 14.6 Å². The van der Waals surface area contributed by atoms with E-state index in [1.807, 2.05) is 6.07 Å². The zero-order valence-electron chi connectivity index (χ0n) is 12.3. The van der Waals surface area contributed by atoms with Crippen molar-refractivity contribution in [2.75, 3.05) is 37.8 Å². The Balaban J connectivity index is 1.63. The number of hydrogen-bond acceptors (Lipinski definition) is 5. The Labute approximate surface area is 126 Å². The highest BCUT2D eigenvalue weighted by atomic mass is 32.2. The summed E-state index contributed by atoms with van der Waals surface area (Å²) in [5, 5.41) is 3.24. The lowest BCUT2D eigenvalue weighted by Crippen LogP contribution is -2.48. The molecule has 2 fully saturated rings. The second kappa shape index (κ2) is 5.94. The van der Waals surface area contributed by atoms with Crippen molar-refractivity contribution < 1.29 is 13.2 Å². The van der Waals surface area contributed by atoms with E-state index in [0.717, 1.165) is 19.7 Å². The molecule has 0 bridgehead atoms. The number of benzene rings is 1. The second-order valence-corrected chi connectivity index (χ2v) is 7.88. The summed E-state index contributed by atoms with van der Waals surface area (Å²) in [6.45, 7) is 3.51. The third-order valence-electron chi connectivity index (χ3n) is 4.27. The molecule has 2 heterocycles. The zero-order chi connectivity index (χ0) is 14.9. The van der Waals surface area contributed by atoms with Crippen LogP contribution in [0.5, 0.6) is 0 Å². The van der Waals surface area contributed by atoms with Gasteiger partial charge in [-0.2, -0.15) is 0 Å². The Morgan fingerprint density at radius 1 is 1.38 bits per heavy atom. The molecule has 1 aromatic rings. The predicted molar refractivity (Wildman–Crippen MR) is 82.4 cm³/mol. The number of sulfone groups is 1. The van der Waals surface area contributed by atoms with E-state index in [-0.39, 0.29) is 6.10 Å². The minimum absolute atomic E-state index is 0.118. The quantitative estimate of drug-likeness (QED) is 0.910. The van der Waals surface area contributed by atoms with Gasteiger partial charge < -0.3 is 10.1 Å². The molecule has 0 aliphatic carbocycles. The zero-order valence-corrected chi connectivity index (χ0v) is 13.1. The summed E-state index contributed by atoms with van der Waals surface area (Å²) in [7, 11) is -3.21. The molecule has 2 unspecified atom stereocenters. The van der Waals surface area contributed by atoms with E-state index in [2.05, 4.69) is 10.2 Å². The van der Waals surface area contributed by atoms with Crippen LogP contribution in [-0.4, -0.2) is 58.0 Å². The van der Waals surface area contributed by atoms with Gasteiger partial charge in [0.05, 0.1) is 23.3 Å². The van der Waals surface area contributed by atoms with Crippen LogP contribution in [0.3, 0.4) is 0 Å². The van der Waals surface area contributed by atoms with Crippen molar-refractivity contribution in [3.8, 4) is 0 Å². The van der Waals surface area contributed by atoms with Gasteiger partial charge in [0.2, 0.25) is 0 Å².